The lowest BCUT2D eigenvalue weighted by atomic mass is 9.48. The molecule has 4 bridgehead atoms. The highest BCUT2D eigenvalue weighted by Crippen LogP contribution is 2.59. The predicted octanol–water partition coefficient (Wildman–Crippen LogP) is 1.24. The summed E-state index contributed by atoms with van der Waals surface area (Å²) in [6, 6.07) is -0.443. The Morgan fingerprint density at radius 2 is 1.63 bits per heavy atom. The Kier molecular flexibility index (Phi) is 2.16. The Balaban J connectivity index is 1.69. The highest BCUT2D eigenvalue weighted by atomic mass is 16.2. The first-order valence-corrected chi connectivity index (χ1v) is 7.40. The molecule has 1 heterocycles. The van der Waals surface area contributed by atoms with Gasteiger partial charge in [-0.3, -0.25) is 4.79 Å². The van der Waals surface area contributed by atoms with E-state index in [4.69, 9.17) is 5.84 Å². The van der Waals surface area contributed by atoms with Crippen molar-refractivity contribution in [3.05, 3.63) is 0 Å². The van der Waals surface area contributed by atoms with Crippen LogP contribution in [0.15, 0.2) is 0 Å². The average molecular weight is 263 g/mol. The first-order chi connectivity index (χ1) is 8.99. The van der Waals surface area contributed by atoms with Crippen LogP contribution in [0.3, 0.4) is 0 Å². The van der Waals surface area contributed by atoms with E-state index in [1.54, 1.807) is 0 Å². The van der Waals surface area contributed by atoms with Gasteiger partial charge in [0.15, 0.2) is 0 Å². The van der Waals surface area contributed by atoms with Crippen molar-refractivity contribution in [3.63, 3.8) is 0 Å². The second-order valence-electron chi connectivity index (χ2n) is 7.26. The fraction of sp³-hybridized carbons (Fsp3) is 0.857. The van der Waals surface area contributed by atoms with Crippen LogP contribution in [0, 0.1) is 29.6 Å². The van der Waals surface area contributed by atoms with Gasteiger partial charge in [-0.25, -0.2) is 10.6 Å². The lowest BCUT2D eigenvalue weighted by molar-refractivity contribution is -0.140. The van der Waals surface area contributed by atoms with E-state index in [-0.39, 0.29) is 11.8 Å². The van der Waals surface area contributed by atoms with Gasteiger partial charge in [0.1, 0.15) is 5.54 Å². The third kappa shape index (κ3) is 1.39. The maximum Gasteiger partial charge on any atom is 0.339 e. The fourth-order valence-corrected chi connectivity index (χ4v) is 5.77. The van der Waals surface area contributed by atoms with Crippen molar-refractivity contribution in [2.24, 2.45) is 35.4 Å². The molecular weight excluding hydrogens is 242 g/mol. The van der Waals surface area contributed by atoms with E-state index in [0.717, 1.165) is 16.8 Å². The monoisotopic (exact) mass is 263 g/mol. The number of carbonyl (C=O) groups excluding carboxylic acids is 2. The molecule has 1 aliphatic heterocycles. The van der Waals surface area contributed by atoms with Crippen LogP contribution in [-0.4, -0.2) is 22.5 Å². The number of rotatable bonds is 1. The van der Waals surface area contributed by atoms with E-state index in [2.05, 4.69) is 5.32 Å². The summed E-state index contributed by atoms with van der Waals surface area (Å²) in [7, 11) is 0. The Bertz CT molecular complexity index is 436. The number of imide groups is 1. The highest BCUT2D eigenvalue weighted by molar-refractivity contribution is 6.06. The minimum absolute atomic E-state index is 0.241. The molecule has 4 saturated carbocycles. The molecule has 1 saturated heterocycles. The Morgan fingerprint density at radius 3 is 2.05 bits per heavy atom. The number of nitrogens with two attached hydrogens (primary N) is 1. The van der Waals surface area contributed by atoms with Crippen molar-refractivity contribution in [1.82, 2.24) is 10.3 Å². The van der Waals surface area contributed by atoms with Gasteiger partial charge in [0, 0.05) is 0 Å². The molecule has 0 radical (unpaired) electrons. The molecule has 104 valence electrons. The lowest BCUT2D eigenvalue weighted by Gasteiger charge is -2.57. The topological polar surface area (TPSA) is 75.4 Å². The van der Waals surface area contributed by atoms with Crippen LogP contribution >= 0.6 is 0 Å². The molecule has 5 fully saturated rings. The SMILES string of the molecule is CC1(C2C3CC4CC(C3)CC2C4)NC(=O)N(N)C1=O. The van der Waals surface area contributed by atoms with Crippen LogP contribution in [0.25, 0.3) is 0 Å². The molecule has 0 aromatic heterocycles. The zero-order chi connectivity index (χ0) is 13.4. The van der Waals surface area contributed by atoms with Gasteiger partial charge in [-0.1, -0.05) is 0 Å². The summed E-state index contributed by atoms with van der Waals surface area (Å²) in [5.41, 5.74) is -0.769. The van der Waals surface area contributed by atoms with Crippen LogP contribution in [0.5, 0.6) is 0 Å². The van der Waals surface area contributed by atoms with E-state index in [0.29, 0.717) is 11.8 Å². The summed E-state index contributed by atoms with van der Waals surface area (Å²) in [4.78, 5) is 24.1. The largest absolute Gasteiger partial charge is 0.339 e. The smallest absolute Gasteiger partial charge is 0.322 e. The van der Waals surface area contributed by atoms with E-state index < -0.39 is 11.6 Å². The maximum absolute atomic E-state index is 12.4. The van der Waals surface area contributed by atoms with Crippen LogP contribution in [-0.2, 0) is 4.79 Å². The van der Waals surface area contributed by atoms with Crippen molar-refractivity contribution in [3.8, 4) is 0 Å². The summed E-state index contributed by atoms with van der Waals surface area (Å²) in [6.07, 6.45) is 6.34. The van der Waals surface area contributed by atoms with Crippen molar-refractivity contribution >= 4 is 11.9 Å². The number of hydrogen-bond donors (Lipinski definition) is 2. The van der Waals surface area contributed by atoms with Crippen LogP contribution in [0.2, 0.25) is 0 Å². The Labute approximate surface area is 112 Å². The van der Waals surface area contributed by atoms with Crippen molar-refractivity contribution in [2.45, 2.75) is 44.6 Å². The van der Waals surface area contributed by atoms with Crippen LogP contribution < -0.4 is 11.2 Å². The molecule has 5 heteroatoms. The summed E-state index contributed by atoms with van der Waals surface area (Å²) in [6.45, 7) is 1.88. The molecule has 0 aromatic rings. The molecule has 3 N–H and O–H groups in total. The first kappa shape index (κ1) is 11.7. The molecule has 3 amide bonds. The van der Waals surface area contributed by atoms with Gasteiger partial charge in [-0.05, 0) is 68.6 Å². The minimum Gasteiger partial charge on any atom is -0.322 e. The van der Waals surface area contributed by atoms with Gasteiger partial charge >= 0.3 is 6.03 Å². The summed E-state index contributed by atoms with van der Waals surface area (Å²) >= 11 is 0. The van der Waals surface area contributed by atoms with Gasteiger partial charge < -0.3 is 5.32 Å². The zero-order valence-corrected chi connectivity index (χ0v) is 11.3. The fourth-order valence-electron chi connectivity index (χ4n) is 5.77. The van der Waals surface area contributed by atoms with Gasteiger partial charge in [-0.2, -0.15) is 5.01 Å². The summed E-state index contributed by atoms with van der Waals surface area (Å²) < 4.78 is 0. The second kappa shape index (κ2) is 3.51. The minimum atomic E-state index is -0.769. The third-order valence-electron chi connectivity index (χ3n) is 6.14. The summed E-state index contributed by atoms with van der Waals surface area (Å²) in [5, 5.41) is 3.64. The lowest BCUT2D eigenvalue weighted by Crippen LogP contribution is -2.61. The van der Waals surface area contributed by atoms with Crippen molar-refractivity contribution in [2.75, 3.05) is 0 Å². The first-order valence-electron chi connectivity index (χ1n) is 7.40. The van der Waals surface area contributed by atoms with Crippen LogP contribution in [0.1, 0.15) is 39.0 Å². The number of amides is 3. The Hall–Kier alpha value is -1.10. The number of hydrazine groups is 1. The molecule has 1 atom stereocenters. The van der Waals surface area contributed by atoms with E-state index >= 15 is 0 Å². The highest BCUT2D eigenvalue weighted by Gasteiger charge is 2.60. The number of urea groups is 1. The van der Waals surface area contributed by atoms with E-state index in [1.165, 1.54) is 32.1 Å². The molecular formula is C14H21N3O2. The second-order valence-corrected chi connectivity index (χ2v) is 7.26. The predicted molar refractivity (Wildman–Crippen MR) is 68.5 cm³/mol. The van der Waals surface area contributed by atoms with E-state index in [9.17, 15) is 9.59 Å². The number of carbonyl (C=O) groups is 2. The molecule has 19 heavy (non-hydrogen) atoms. The van der Waals surface area contributed by atoms with Gasteiger partial charge in [0.2, 0.25) is 0 Å². The molecule has 5 nitrogen and oxygen atoms in total. The van der Waals surface area contributed by atoms with Gasteiger partial charge in [-0.15, -0.1) is 0 Å². The summed E-state index contributed by atoms with van der Waals surface area (Å²) in [5.74, 6) is 8.52. The standard InChI is InChI=1S/C14H21N3O2/c1-14(12(18)17(15)13(19)16-14)11-9-3-7-2-8(5-9)6-10(11)4-7/h7-11H,2-6,15H2,1H3,(H,16,19). The molecule has 0 spiro atoms. The van der Waals surface area contributed by atoms with Crippen molar-refractivity contribution < 1.29 is 9.59 Å². The molecule has 4 aliphatic carbocycles. The normalized spacial score (nSPS) is 51.9. The maximum atomic E-state index is 12.4. The number of nitrogens with one attached hydrogen (secondary N) is 1. The Morgan fingerprint density at radius 1 is 1.11 bits per heavy atom. The number of nitrogens with zero attached hydrogens (tertiary/aromatic N) is 1. The zero-order valence-electron chi connectivity index (χ0n) is 11.3. The molecule has 0 aromatic carbocycles. The van der Waals surface area contributed by atoms with Gasteiger partial charge in [0.05, 0.1) is 0 Å². The molecule has 1 unspecified atom stereocenters. The van der Waals surface area contributed by atoms with Gasteiger partial charge in [0.25, 0.3) is 5.91 Å². The average Bonchev–Trinajstić information content (AvgIpc) is 2.52. The quantitative estimate of drug-likeness (QED) is 0.424. The van der Waals surface area contributed by atoms with Crippen molar-refractivity contribution in [1.29, 1.82) is 0 Å². The van der Waals surface area contributed by atoms with E-state index in [1.807, 2.05) is 6.92 Å². The molecule has 5 aliphatic rings. The van der Waals surface area contributed by atoms with Crippen LogP contribution in [0.4, 0.5) is 4.79 Å². The molecule has 5 rings (SSSR count). The third-order valence-corrected chi connectivity index (χ3v) is 6.14. The number of hydrogen-bond acceptors (Lipinski definition) is 3.